The van der Waals surface area contributed by atoms with Crippen LogP contribution in [-0.4, -0.2) is 5.71 Å². The van der Waals surface area contributed by atoms with Crippen LogP contribution in [0.4, 0.5) is 0 Å². The van der Waals surface area contributed by atoms with Crippen LogP contribution in [-0.2, 0) is 5.41 Å². The number of nitrogens with zero attached hydrogens (tertiary/aromatic N) is 1. The highest BCUT2D eigenvalue weighted by Crippen LogP contribution is 2.51. The lowest BCUT2D eigenvalue weighted by atomic mass is 9.68. The maximum Gasteiger partial charge on any atom is 0.0758 e. The Labute approximate surface area is 327 Å². The number of fused-ring (bicyclic) bond motifs is 5. The zero-order valence-electron chi connectivity index (χ0n) is 31.5. The second kappa shape index (κ2) is 13.2. The summed E-state index contributed by atoms with van der Waals surface area (Å²) in [6.07, 6.45) is 23.1. The van der Waals surface area contributed by atoms with E-state index in [0.717, 1.165) is 65.9 Å². The van der Waals surface area contributed by atoms with E-state index < -0.39 is 0 Å². The number of allylic oxidation sites excluding steroid dienone is 11. The van der Waals surface area contributed by atoms with E-state index >= 15 is 0 Å². The number of benzene rings is 5. The second-order valence-electron chi connectivity index (χ2n) is 15.9. The van der Waals surface area contributed by atoms with E-state index in [4.69, 9.17) is 10.7 Å². The highest BCUT2D eigenvalue weighted by molar-refractivity contribution is 7.26. The van der Waals surface area contributed by atoms with E-state index in [-0.39, 0.29) is 5.41 Å². The van der Waals surface area contributed by atoms with Crippen LogP contribution in [0.1, 0.15) is 62.6 Å². The fraction of sp³-hybridized carbons (Fsp3) is 0.173. The monoisotopic (exact) mass is 728 g/mol. The summed E-state index contributed by atoms with van der Waals surface area (Å²) >= 11 is 1.88. The fourth-order valence-electron chi connectivity index (χ4n) is 9.38. The Morgan fingerprint density at radius 1 is 0.745 bits per heavy atom. The third kappa shape index (κ3) is 5.55. The molecule has 0 saturated carbocycles. The van der Waals surface area contributed by atoms with Crippen molar-refractivity contribution in [2.45, 2.75) is 51.4 Å². The van der Waals surface area contributed by atoms with E-state index in [1.54, 1.807) is 0 Å². The standard InChI is InChI=1S/C52H44N2S/c1-32(54-50(43-16-8-10-22-47(43)53)35-25-23-34(24-26-35)33-13-5-4-6-14-33)36-27-30-48-44(31-36)42-19-11-18-41(51(42)55-48)37-28-29-40-38-15-7-9-20-45(38)52(2,3)46-21-12-17-39(37)49(40)46/h5,7,9-15,17-23,25-31,34H,1,4,6,8,16,24,53H2,2-3H3/b54-50-. The first-order chi connectivity index (χ1) is 26.9. The van der Waals surface area contributed by atoms with E-state index in [2.05, 4.69) is 154 Å². The van der Waals surface area contributed by atoms with Crippen molar-refractivity contribution >= 4 is 53.7 Å². The molecular weight excluding hydrogens is 685 g/mol. The van der Waals surface area contributed by atoms with Crippen LogP contribution < -0.4 is 5.73 Å². The van der Waals surface area contributed by atoms with Gasteiger partial charge in [0.25, 0.3) is 0 Å². The van der Waals surface area contributed by atoms with E-state index in [0.29, 0.717) is 5.92 Å². The summed E-state index contributed by atoms with van der Waals surface area (Å²) in [5.74, 6) is 0.403. The molecule has 1 unspecified atom stereocenters. The number of nitrogens with two attached hydrogens (primary N) is 1. The molecule has 5 aromatic carbocycles. The predicted octanol–water partition coefficient (Wildman–Crippen LogP) is 13.9. The van der Waals surface area contributed by atoms with Gasteiger partial charge < -0.3 is 5.73 Å². The van der Waals surface area contributed by atoms with Gasteiger partial charge in [0.15, 0.2) is 0 Å². The highest BCUT2D eigenvalue weighted by Gasteiger charge is 2.33. The first kappa shape index (κ1) is 33.8. The molecule has 0 spiro atoms. The van der Waals surface area contributed by atoms with Crippen molar-refractivity contribution in [1.82, 2.24) is 0 Å². The molecule has 6 aromatic rings. The summed E-state index contributed by atoms with van der Waals surface area (Å²) < 4.78 is 2.57. The molecule has 0 aliphatic heterocycles. The van der Waals surface area contributed by atoms with Crippen molar-refractivity contribution in [3.63, 3.8) is 0 Å². The molecule has 1 aromatic heterocycles. The molecule has 3 heteroatoms. The summed E-state index contributed by atoms with van der Waals surface area (Å²) in [5, 5.41) is 5.19. The Morgan fingerprint density at radius 3 is 2.38 bits per heavy atom. The smallest absolute Gasteiger partial charge is 0.0758 e. The molecule has 1 heterocycles. The average Bonchev–Trinajstić information content (AvgIpc) is 3.61. The van der Waals surface area contributed by atoms with Gasteiger partial charge in [0.05, 0.1) is 11.4 Å². The molecule has 10 rings (SSSR count). The maximum atomic E-state index is 6.64. The number of hydrogen-bond acceptors (Lipinski definition) is 3. The Kier molecular flexibility index (Phi) is 8.11. The third-order valence-electron chi connectivity index (χ3n) is 12.3. The van der Waals surface area contributed by atoms with Gasteiger partial charge in [-0.1, -0.05) is 142 Å². The zero-order valence-corrected chi connectivity index (χ0v) is 32.3. The molecular formula is C52H44N2S. The van der Waals surface area contributed by atoms with Crippen LogP contribution in [0.2, 0.25) is 0 Å². The zero-order chi connectivity index (χ0) is 37.3. The number of aliphatic imine (C=N–C) groups is 1. The Bertz CT molecular complexity index is 2840. The van der Waals surface area contributed by atoms with Gasteiger partial charge in [-0.2, -0.15) is 0 Å². The first-order valence-electron chi connectivity index (χ1n) is 19.7. The largest absolute Gasteiger partial charge is 0.398 e. The molecule has 0 radical (unpaired) electrons. The molecule has 2 nitrogen and oxygen atoms in total. The summed E-state index contributed by atoms with van der Waals surface area (Å²) in [7, 11) is 0. The van der Waals surface area contributed by atoms with Crippen LogP contribution in [0.5, 0.6) is 0 Å². The summed E-state index contributed by atoms with van der Waals surface area (Å²) in [5.41, 5.74) is 21.8. The van der Waals surface area contributed by atoms with Gasteiger partial charge in [0, 0.05) is 53.9 Å². The van der Waals surface area contributed by atoms with Gasteiger partial charge in [0.1, 0.15) is 0 Å². The van der Waals surface area contributed by atoms with Crippen LogP contribution in [0.25, 0.3) is 58.9 Å². The molecule has 4 aliphatic rings. The van der Waals surface area contributed by atoms with Gasteiger partial charge in [-0.3, -0.25) is 0 Å². The molecule has 0 fully saturated rings. The van der Waals surface area contributed by atoms with E-state index in [1.165, 1.54) is 69.9 Å². The van der Waals surface area contributed by atoms with Crippen LogP contribution in [0.3, 0.4) is 0 Å². The molecule has 4 aliphatic carbocycles. The number of thiophene rings is 1. The van der Waals surface area contributed by atoms with Crippen LogP contribution >= 0.6 is 11.3 Å². The summed E-state index contributed by atoms with van der Waals surface area (Å²) in [6.45, 7) is 9.29. The quantitative estimate of drug-likeness (QED) is 0.170. The molecule has 0 saturated heterocycles. The minimum atomic E-state index is -0.0843. The van der Waals surface area contributed by atoms with Crippen LogP contribution in [0, 0.1) is 5.92 Å². The van der Waals surface area contributed by atoms with Gasteiger partial charge in [0.2, 0.25) is 0 Å². The number of rotatable bonds is 6. The molecule has 2 N–H and O–H groups in total. The second-order valence-corrected chi connectivity index (χ2v) is 16.9. The van der Waals surface area contributed by atoms with Gasteiger partial charge in [-0.15, -0.1) is 11.3 Å². The van der Waals surface area contributed by atoms with Crippen molar-refractivity contribution in [3.8, 4) is 22.3 Å². The molecule has 55 heavy (non-hydrogen) atoms. The first-order valence-corrected chi connectivity index (χ1v) is 20.5. The fourth-order valence-corrected chi connectivity index (χ4v) is 10.6. The van der Waals surface area contributed by atoms with E-state index in [9.17, 15) is 0 Å². The molecule has 268 valence electrons. The minimum Gasteiger partial charge on any atom is -0.398 e. The van der Waals surface area contributed by atoms with Crippen molar-refractivity contribution < 1.29 is 0 Å². The Morgan fingerprint density at radius 2 is 1.55 bits per heavy atom. The van der Waals surface area contributed by atoms with Gasteiger partial charge in [-0.25, -0.2) is 4.99 Å². The van der Waals surface area contributed by atoms with Crippen molar-refractivity contribution in [2.75, 3.05) is 0 Å². The lowest BCUT2D eigenvalue weighted by molar-refractivity contribution is 0.645. The molecule has 0 amide bonds. The average molecular weight is 729 g/mol. The Hall–Kier alpha value is -5.77. The van der Waals surface area contributed by atoms with Crippen LogP contribution in [0.15, 0.2) is 174 Å². The lowest BCUT2D eigenvalue weighted by Gasteiger charge is -2.35. The van der Waals surface area contributed by atoms with Gasteiger partial charge in [-0.05, 0) is 100 Å². The van der Waals surface area contributed by atoms with Crippen molar-refractivity contribution in [1.29, 1.82) is 0 Å². The summed E-state index contributed by atoms with van der Waals surface area (Å²) in [4.78, 5) is 5.32. The normalized spacial score (nSPS) is 18.9. The van der Waals surface area contributed by atoms with E-state index in [1.807, 2.05) is 17.4 Å². The van der Waals surface area contributed by atoms with Crippen molar-refractivity contribution in [3.05, 3.63) is 185 Å². The maximum absolute atomic E-state index is 6.64. The molecule has 0 bridgehead atoms. The highest BCUT2D eigenvalue weighted by atomic mass is 32.1. The summed E-state index contributed by atoms with van der Waals surface area (Å²) in [6, 6.07) is 34.0. The number of hydrogen-bond donors (Lipinski definition) is 1. The van der Waals surface area contributed by atoms with Gasteiger partial charge >= 0.3 is 0 Å². The molecule has 1 atom stereocenters. The topological polar surface area (TPSA) is 38.4 Å². The van der Waals surface area contributed by atoms with Crippen molar-refractivity contribution in [2.24, 2.45) is 16.6 Å². The minimum absolute atomic E-state index is 0.0843. The lowest BCUT2D eigenvalue weighted by Crippen LogP contribution is -2.23. The Balaban J connectivity index is 1.05. The predicted molar refractivity (Wildman–Crippen MR) is 238 cm³/mol. The third-order valence-corrected chi connectivity index (χ3v) is 13.5. The SMILES string of the molecule is C=C(/N=C(/C1=CCC(C2=CCCC=C2)C=C1)C1=C(N)C=CCC1)c1ccc2sc3c(-c4ccc5c6c(cccc46)C(C)(C)c4ccccc4-5)cccc3c2c1.